The van der Waals surface area contributed by atoms with Crippen molar-refractivity contribution in [2.24, 2.45) is 5.92 Å². The van der Waals surface area contributed by atoms with Gasteiger partial charge in [-0.05, 0) is 18.8 Å². The van der Waals surface area contributed by atoms with Gasteiger partial charge in [-0.1, -0.05) is 31.7 Å². The van der Waals surface area contributed by atoms with Crippen molar-refractivity contribution in [3.05, 3.63) is 24.8 Å². The van der Waals surface area contributed by atoms with Gasteiger partial charge in [-0.2, -0.15) is 0 Å². The quantitative estimate of drug-likeness (QED) is 0.425. The van der Waals surface area contributed by atoms with Crippen LogP contribution in [-0.4, -0.2) is 5.88 Å². The van der Waals surface area contributed by atoms with E-state index in [1.165, 1.54) is 6.42 Å². The Hall–Kier alpha value is -0.230. The second-order valence-corrected chi connectivity index (χ2v) is 2.81. The highest BCUT2D eigenvalue weighted by atomic mass is 35.5. The predicted octanol–water partition coefficient (Wildman–Crippen LogP) is 3.38. The first-order chi connectivity index (χ1) is 4.81. The summed E-state index contributed by atoms with van der Waals surface area (Å²) in [6.07, 6.45) is 8.18. The number of rotatable bonds is 5. The molecule has 0 radical (unpaired) electrons. The summed E-state index contributed by atoms with van der Waals surface area (Å²) in [5, 5.41) is 0. The molecule has 0 aromatic carbocycles. The second-order valence-electron chi connectivity index (χ2n) is 2.50. The summed E-state index contributed by atoms with van der Waals surface area (Å²) in [6, 6.07) is 0. The van der Waals surface area contributed by atoms with Crippen LogP contribution in [0.15, 0.2) is 24.8 Å². The van der Waals surface area contributed by atoms with Crippen molar-refractivity contribution < 1.29 is 0 Å². The molecule has 58 valence electrons. The van der Waals surface area contributed by atoms with Gasteiger partial charge < -0.3 is 0 Å². The van der Waals surface area contributed by atoms with E-state index >= 15 is 0 Å². The molecule has 0 aromatic rings. The Bertz CT molecular complexity index is 105. The van der Waals surface area contributed by atoms with Gasteiger partial charge in [-0.25, -0.2) is 0 Å². The van der Waals surface area contributed by atoms with Gasteiger partial charge in [0.05, 0.1) is 0 Å². The van der Waals surface area contributed by atoms with E-state index in [1.54, 1.807) is 6.08 Å². The fraction of sp³-hybridized carbons (Fsp3) is 0.556. The molecule has 0 spiro atoms. The predicted molar refractivity (Wildman–Crippen MR) is 48.5 cm³/mol. The van der Waals surface area contributed by atoms with Crippen LogP contribution in [0.4, 0.5) is 0 Å². The van der Waals surface area contributed by atoms with E-state index in [9.17, 15) is 0 Å². The lowest BCUT2D eigenvalue weighted by atomic mass is 10.1. The van der Waals surface area contributed by atoms with Crippen molar-refractivity contribution in [1.29, 1.82) is 0 Å². The van der Waals surface area contributed by atoms with Gasteiger partial charge in [0.2, 0.25) is 0 Å². The van der Waals surface area contributed by atoms with Crippen molar-refractivity contribution in [3.8, 4) is 0 Å². The van der Waals surface area contributed by atoms with E-state index in [2.05, 4.69) is 19.6 Å². The molecular weight excluding hydrogens is 144 g/mol. The van der Waals surface area contributed by atoms with E-state index < -0.39 is 0 Å². The Balaban J connectivity index is 3.18. The van der Waals surface area contributed by atoms with Gasteiger partial charge in [0.1, 0.15) is 0 Å². The molecule has 0 saturated carbocycles. The molecule has 0 bridgehead atoms. The first-order valence-electron chi connectivity index (χ1n) is 3.64. The minimum atomic E-state index is 0.635. The van der Waals surface area contributed by atoms with Gasteiger partial charge in [-0.15, -0.1) is 11.6 Å². The van der Waals surface area contributed by atoms with Gasteiger partial charge in [0.25, 0.3) is 0 Å². The summed E-state index contributed by atoms with van der Waals surface area (Å²) in [5.41, 5.74) is 0. The largest absolute Gasteiger partial charge is 0.126 e. The maximum Gasteiger partial charge on any atom is 0.0249 e. The molecule has 0 amide bonds. The van der Waals surface area contributed by atoms with Gasteiger partial charge >= 0.3 is 0 Å². The van der Waals surface area contributed by atoms with Gasteiger partial charge in [0.15, 0.2) is 0 Å². The Kier molecular flexibility index (Phi) is 6.73. The van der Waals surface area contributed by atoms with Crippen LogP contribution < -0.4 is 0 Å². The Morgan fingerprint density at radius 3 is 2.80 bits per heavy atom. The summed E-state index contributed by atoms with van der Waals surface area (Å²) in [5.74, 6) is 1.40. The molecule has 0 heterocycles. The first kappa shape index (κ1) is 9.77. The average molecular weight is 159 g/mol. The van der Waals surface area contributed by atoms with Crippen molar-refractivity contribution in [3.63, 3.8) is 0 Å². The highest BCUT2D eigenvalue weighted by Gasteiger charge is 1.95. The molecule has 1 heteroatoms. The van der Waals surface area contributed by atoms with E-state index in [-0.39, 0.29) is 0 Å². The third-order valence-electron chi connectivity index (χ3n) is 1.36. The van der Waals surface area contributed by atoms with Crippen molar-refractivity contribution >= 4 is 11.6 Å². The topological polar surface area (TPSA) is 0 Å². The lowest BCUT2D eigenvalue weighted by Gasteiger charge is -2.02. The zero-order chi connectivity index (χ0) is 7.82. The Labute approximate surface area is 68.6 Å². The highest BCUT2D eigenvalue weighted by Crippen LogP contribution is 2.07. The number of alkyl halides is 1. The van der Waals surface area contributed by atoms with Gasteiger partial charge in [0, 0.05) is 5.88 Å². The molecule has 0 aromatic heterocycles. The number of hydrogen-bond acceptors (Lipinski definition) is 0. The third-order valence-corrected chi connectivity index (χ3v) is 1.89. The maximum atomic E-state index is 5.62. The second kappa shape index (κ2) is 6.88. The van der Waals surface area contributed by atoms with E-state index in [0.717, 1.165) is 12.3 Å². The summed E-state index contributed by atoms with van der Waals surface area (Å²) in [6.45, 7) is 5.75. The van der Waals surface area contributed by atoms with Crippen LogP contribution >= 0.6 is 11.6 Å². The van der Waals surface area contributed by atoms with Crippen LogP contribution in [0.2, 0.25) is 0 Å². The summed E-state index contributed by atoms with van der Waals surface area (Å²) in [4.78, 5) is 0. The van der Waals surface area contributed by atoms with Crippen LogP contribution in [0.3, 0.4) is 0 Å². The number of hydrogen-bond donors (Lipinski definition) is 0. The first-order valence-corrected chi connectivity index (χ1v) is 4.18. The molecule has 1 unspecified atom stereocenters. The number of halogens is 1. The molecule has 0 fully saturated rings. The van der Waals surface area contributed by atoms with Crippen molar-refractivity contribution in [2.75, 3.05) is 5.88 Å². The van der Waals surface area contributed by atoms with E-state index in [1.807, 2.05) is 6.08 Å². The molecule has 0 rings (SSSR count). The maximum absolute atomic E-state index is 5.62. The minimum absolute atomic E-state index is 0.635. The summed E-state index contributed by atoms with van der Waals surface area (Å²) >= 11 is 5.62. The molecule has 0 aliphatic carbocycles. The van der Waals surface area contributed by atoms with Crippen LogP contribution in [0.1, 0.15) is 19.8 Å². The van der Waals surface area contributed by atoms with Crippen LogP contribution in [-0.2, 0) is 0 Å². The SMILES string of the molecule is C=C/C=C/CCC(C)CCl. The standard InChI is InChI=1S/C9H15Cl/c1-3-4-5-6-7-9(2)8-10/h3-5,9H,1,6-8H2,2H3/b5-4+. The molecule has 0 saturated heterocycles. The fourth-order valence-electron chi connectivity index (χ4n) is 0.650. The number of allylic oxidation sites excluding steroid dienone is 3. The zero-order valence-electron chi connectivity index (χ0n) is 6.52. The third kappa shape index (κ3) is 5.90. The Morgan fingerprint density at radius 2 is 2.30 bits per heavy atom. The smallest absolute Gasteiger partial charge is 0.0249 e. The van der Waals surface area contributed by atoms with Crippen molar-refractivity contribution in [2.45, 2.75) is 19.8 Å². The molecular formula is C9H15Cl. The molecule has 1 atom stereocenters. The van der Waals surface area contributed by atoms with Crippen LogP contribution in [0.5, 0.6) is 0 Å². The molecule has 0 aliphatic rings. The summed E-state index contributed by atoms with van der Waals surface area (Å²) in [7, 11) is 0. The molecule has 0 aliphatic heterocycles. The van der Waals surface area contributed by atoms with Gasteiger partial charge in [-0.3, -0.25) is 0 Å². The highest BCUT2D eigenvalue weighted by molar-refractivity contribution is 6.18. The summed E-state index contributed by atoms with van der Waals surface area (Å²) < 4.78 is 0. The van der Waals surface area contributed by atoms with E-state index in [4.69, 9.17) is 11.6 Å². The minimum Gasteiger partial charge on any atom is -0.126 e. The lowest BCUT2D eigenvalue weighted by molar-refractivity contribution is 0.601. The van der Waals surface area contributed by atoms with E-state index in [0.29, 0.717) is 5.92 Å². The molecule has 0 nitrogen and oxygen atoms in total. The fourth-order valence-corrected chi connectivity index (χ4v) is 0.805. The lowest BCUT2D eigenvalue weighted by Crippen LogP contribution is -1.93. The Morgan fingerprint density at radius 1 is 1.60 bits per heavy atom. The normalized spacial score (nSPS) is 13.8. The van der Waals surface area contributed by atoms with Crippen LogP contribution in [0, 0.1) is 5.92 Å². The average Bonchev–Trinajstić information content (AvgIpc) is 1.98. The van der Waals surface area contributed by atoms with Crippen molar-refractivity contribution in [1.82, 2.24) is 0 Å². The monoisotopic (exact) mass is 158 g/mol. The molecule has 10 heavy (non-hydrogen) atoms. The molecule has 0 N–H and O–H groups in total. The van der Waals surface area contributed by atoms with Crippen LogP contribution in [0.25, 0.3) is 0 Å². The zero-order valence-corrected chi connectivity index (χ0v) is 7.27.